The molecule has 3 rings (SSSR count). The normalized spacial score (nSPS) is 13.8. The molecule has 0 unspecified atom stereocenters. The van der Waals surface area contributed by atoms with Crippen LogP contribution in [-0.4, -0.2) is 66.0 Å². The number of carbonyl (C=O) groups excluding carboxylic acids is 2. The number of ether oxygens (including phenoxy) is 1. The molecule has 2 amide bonds. The van der Waals surface area contributed by atoms with E-state index in [2.05, 4.69) is 0 Å². The van der Waals surface area contributed by atoms with E-state index in [1.54, 1.807) is 65.4 Å². The molecule has 1 saturated heterocycles. The summed E-state index contributed by atoms with van der Waals surface area (Å²) in [6.45, 7) is 1.87. The molecule has 7 nitrogen and oxygen atoms in total. The van der Waals surface area contributed by atoms with E-state index in [0.717, 1.165) is 0 Å². The maximum absolute atomic E-state index is 12.7. The number of aryl methyl sites for hydroxylation is 1. The Balaban J connectivity index is 1.53. The van der Waals surface area contributed by atoms with E-state index in [-0.39, 0.29) is 23.8 Å². The Kier molecular flexibility index (Phi) is 6.49. The number of amides is 2. The molecule has 0 spiro atoms. The van der Waals surface area contributed by atoms with Crippen molar-refractivity contribution in [1.29, 1.82) is 0 Å². The van der Waals surface area contributed by atoms with Crippen molar-refractivity contribution in [2.24, 2.45) is 0 Å². The minimum Gasteiger partial charge on any atom is -0.497 e. The van der Waals surface area contributed by atoms with Crippen LogP contribution in [0.5, 0.6) is 5.75 Å². The minimum absolute atomic E-state index is 0.0290. The second-order valence-electron chi connectivity index (χ2n) is 6.87. The van der Waals surface area contributed by atoms with Crippen LogP contribution in [0.3, 0.4) is 0 Å². The molecule has 29 heavy (non-hydrogen) atoms. The third-order valence-corrected chi connectivity index (χ3v) is 5.09. The number of nitrogens with zero attached hydrogens (tertiary/aromatic N) is 2. The van der Waals surface area contributed by atoms with Crippen molar-refractivity contribution in [1.82, 2.24) is 9.80 Å². The molecule has 2 aromatic carbocycles. The van der Waals surface area contributed by atoms with E-state index in [0.29, 0.717) is 49.5 Å². The third-order valence-electron chi connectivity index (χ3n) is 5.09. The van der Waals surface area contributed by atoms with Crippen molar-refractivity contribution in [2.75, 3.05) is 33.3 Å². The molecule has 1 aliphatic rings. The summed E-state index contributed by atoms with van der Waals surface area (Å²) in [5.41, 5.74) is 1.45. The van der Waals surface area contributed by atoms with Crippen LogP contribution in [-0.2, 0) is 11.2 Å². The molecular formula is C22H24N2O5. The SMILES string of the molecule is COc1cccc(C(=O)N2CCN(C(=O)CCc3ccccc3C(=O)O)CC2)c1. The Hall–Kier alpha value is -3.35. The molecule has 1 fully saturated rings. The molecule has 0 atom stereocenters. The highest BCUT2D eigenvalue weighted by atomic mass is 16.5. The summed E-state index contributed by atoms with van der Waals surface area (Å²) in [6, 6.07) is 13.8. The molecule has 0 bridgehead atoms. The van der Waals surface area contributed by atoms with Gasteiger partial charge in [0.05, 0.1) is 12.7 Å². The van der Waals surface area contributed by atoms with Crippen LogP contribution in [0.4, 0.5) is 0 Å². The number of hydrogen-bond acceptors (Lipinski definition) is 4. The summed E-state index contributed by atoms with van der Waals surface area (Å²) in [5.74, 6) is -0.464. The minimum atomic E-state index is -0.988. The van der Waals surface area contributed by atoms with E-state index < -0.39 is 5.97 Å². The number of rotatable bonds is 6. The van der Waals surface area contributed by atoms with Crippen LogP contribution >= 0.6 is 0 Å². The molecule has 1 heterocycles. The van der Waals surface area contributed by atoms with Crippen molar-refractivity contribution >= 4 is 17.8 Å². The van der Waals surface area contributed by atoms with Gasteiger partial charge in [-0.2, -0.15) is 0 Å². The van der Waals surface area contributed by atoms with Crippen molar-refractivity contribution in [3.63, 3.8) is 0 Å². The molecule has 1 aliphatic heterocycles. The zero-order valence-electron chi connectivity index (χ0n) is 16.3. The van der Waals surface area contributed by atoms with Gasteiger partial charge in [0.15, 0.2) is 0 Å². The summed E-state index contributed by atoms with van der Waals surface area (Å²) in [5, 5.41) is 9.25. The van der Waals surface area contributed by atoms with E-state index >= 15 is 0 Å². The molecule has 152 valence electrons. The van der Waals surface area contributed by atoms with Gasteiger partial charge in [-0.1, -0.05) is 24.3 Å². The zero-order valence-corrected chi connectivity index (χ0v) is 16.3. The first kappa shape index (κ1) is 20.4. The maximum Gasteiger partial charge on any atom is 0.335 e. The van der Waals surface area contributed by atoms with Gasteiger partial charge < -0.3 is 19.6 Å². The van der Waals surface area contributed by atoms with Crippen LogP contribution in [0.25, 0.3) is 0 Å². The second kappa shape index (κ2) is 9.23. The molecule has 0 saturated carbocycles. The maximum atomic E-state index is 12.7. The van der Waals surface area contributed by atoms with Gasteiger partial charge in [-0.3, -0.25) is 9.59 Å². The third kappa shape index (κ3) is 4.93. The lowest BCUT2D eigenvalue weighted by Gasteiger charge is -2.35. The van der Waals surface area contributed by atoms with Gasteiger partial charge in [-0.05, 0) is 36.2 Å². The van der Waals surface area contributed by atoms with Crippen molar-refractivity contribution in [2.45, 2.75) is 12.8 Å². The topological polar surface area (TPSA) is 87.2 Å². The number of hydrogen-bond donors (Lipinski definition) is 1. The highest BCUT2D eigenvalue weighted by molar-refractivity contribution is 5.95. The monoisotopic (exact) mass is 396 g/mol. The van der Waals surface area contributed by atoms with Crippen molar-refractivity contribution < 1.29 is 24.2 Å². The first-order chi connectivity index (χ1) is 14.0. The van der Waals surface area contributed by atoms with E-state index in [1.807, 2.05) is 0 Å². The molecule has 7 heteroatoms. The summed E-state index contributed by atoms with van der Waals surface area (Å²) < 4.78 is 5.17. The van der Waals surface area contributed by atoms with Gasteiger partial charge in [0, 0.05) is 38.2 Å². The lowest BCUT2D eigenvalue weighted by Crippen LogP contribution is -2.50. The smallest absolute Gasteiger partial charge is 0.335 e. The lowest BCUT2D eigenvalue weighted by molar-refractivity contribution is -0.132. The number of piperazine rings is 1. The number of carbonyl (C=O) groups is 3. The van der Waals surface area contributed by atoms with Crippen LogP contribution in [0, 0.1) is 0 Å². The predicted molar refractivity (Wildman–Crippen MR) is 107 cm³/mol. The van der Waals surface area contributed by atoms with E-state index in [9.17, 15) is 19.5 Å². The fourth-order valence-corrected chi connectivity index (χ4v) is 3.44. The Labute approximate surface area is 169 Å². The highest BCUT2D eigenvalue weighted by Gasteiger charge is 2.25. The van der Waals surface area contributed by atoms with Crippen LogP contribution in [0.1, 0.15) is 32.7 Å². The first-order valence-corrected chi connectivity index (χ1v) is 9.52. The first-order valence-electron chi connectivity index (χ1n) is 9.52. The quantitative estimate of drug-likeness (QED) is 0.810. The second-order valence-corrected chi connectivity index (χ2v) is 6.87. The molecule has 1 N–H and O–H groups in total. The molecule has 0 aromatic heterocycles. The summed E-state index contributed by atoms with van der Waals surface area (Å²) in [6.07, 6.45) is 0.623. The Bertz CT molecular complexity index is 904. The number of benzene rings is 2. The highest BCUT2D eigenvalue weighted by Crippen LogP contribution is 2.17. The molecular weight excluding hydrogens is 372 g/mol. The lowest BCUT2D eigenvalue weighted by atomic mass is 10.0. The van der Waals surface area contributed by atoms with Gasteiger partial charge in [0.1, 0.15) is 5.75 Å². The van der Waals surface area contributed by atoms with Crippen molar-refractivity contribution in [3.8, 4) is 5.75 Å². The van der Waals surface area contributed by atoms with Gasteiger partial charge in [-0.15, -0.1) is 0 Å². The average molecular weight is 396 g/mol. The van der Waals surface area contributed by atoms with Crippen LogP contribution in [0.15, 0.2) is 48.5 Å². The number of carboxylic acids is 1. The summed E-state index contributed by atoms with van der Waals surface area (Å²) in [4.78, 5) is 40.0. The Morgan fingerprint density at radius 2 is 1.66 bits per heavy atom. The largest absolute Gasteiger partial charge is 0.497 e. The Morgan fingerprint density at radius 3 is 2.34 bits per heavy atom. The average Bonchev–Trinajstić information content (AvgIpc) is 2.77. The fourth-order valence-electron chi connectivity index (χ4n) is 3.44. The van der Waals surface area contributed by atoms with Crippen LogP contribution < -0.4 is 4.74 Å². The van der Waals surface area contributed by atoms with Gasteiger partial charge in [0.25, 0.3) is 5.91 Å². The van der Waals surface area contributed by atoms with Gasteiger partial charge in [-0.25, -0.2) is 4.79 Å². The molecule has 0 radical (unpaired) electrons. The summed E-state index contributed by atoms with van der Waals surface area (Å²) in [7, 11) is 1.56. The predicted octanol–water partition coefficient (Wildman–Crippen LogP) is 2.31. The summed E-state index contributed by atoms with van der Waals surface area (Å²) >= 11 is 0. The zero-order chi connectivity index (χ0) is 20.8. The number of carboxylic acid groups (broad SMARTS) is 1. The number of aromatic carboxylic acids is 1. The van der Waals surface area contributed by atoms with E-state index in [1.165, 1.54) is 0 Å². The Morgan fingerprint density at radius 1 is 0.966 bits per heavy atom. The van der Waals surface area contributed by atoms with Gasteiger partial charge >= 0.3 is 5.97 Å². The fraction of sp³-hybridized carbons (Fsp3) is 0.318. The van der Waals surface area contributed by atoms with Gasteiger partial charge in [0.2, 0.25) is 5.91 Å². The molecule has 2 aromatic rings. The molecule has 0 aliphatic carbocycles. The van der Waals surface area contributed by atoms with E-state index in [4.69, 9.17) is 4.74 Å². The number of methoxy groups -OCH3 is 1. The van der Waals surface area contributed by atoms with Crippen molar-refractivity contribution in [3.05, 3.63) is 65.2 Å². The standard InChI is InChI=1S/C22H24N2O5/c1-29-18-7-4-6-17(15-18)21(26)24-13-11-23(12-14-24)20(25)10-9-16-5-2-3-8-19(16)22(27)28/h2-8,15H,9-14H2,1H3,(H,27,28). The van der Waals surface area contributed by atoms with Crippen LogP contribution in [0.2, 0.25) is 0 Å².